The minimum Gasteiger partial charge on any atom is -0.309 e. The molecule has 0 amide bonds. The summed E-state index contributed by atoms with van der Waals surface area (Å²) in [6.45, 7) is 35.2. The quantitative estimate of drug-likeness (QED) is 0.141. The molecule has 0 N–H and O–H groups in total. The summed E-state index contributed by atoms with van der Waals surface area (Å²) in [6.07, 6.45) is 0. The minimum atomic E-state index is -0.107. The zero-order valence-corrected chi connectivity index (χ0v) is 53.2. The first-order chi connectivity index (χ1) is 42.9. The third-order valence-electron chi connectivity index (χ3n) is 17.7. The lowest BCUT2D eigenvalue weighted by Crippen LogP contribution is -2.10. The van der Waals surface area contributed by atoms with Gasteiger partial charge in [-0.25, -0.2) is 19.8 Å². The lowest BCUT2D eigenvalue weighted by Gasteiger charge is -2.20. The van der Waals surface area contributed by atoms with Crippen LogP contribution in [0.3, 0.4) is 0 Å². The van der Waals surface area contributed by atoms with Crippen LogP contribution in [0.1, 0.15) is 116 Å². The number of benzene rings is 10. The third-order valence-corrected chi connectivity index (χ3v) is 17.7. The summed E-state index contributed by atoms with van der Waals surface area (Å²) >= 11 is 0. The highest BCUT2D eigenvalue weighted by Crippen LogP contribution is 2.45. The molecule has 13 rings (SSSR count). The molecule has 90 heavy (non-hydrogen) atoms. The summed E-state index contributed by atoms with van der Waals surface area (Å²) in [5, 5.41) is 24.6. The topological polar surface area (TPSA) is 100 Å². The molecule has 10 aromatic carbocycles. The highest BCUT2D eigenvalue weighted by Gasteiger charge is 2.28. The largest absolute Gasteiger partial charge is 0.309 e. The molecule has 0 aliphatic carbocycles. The molecule has 0 unspecified atom stereocenters. The van der Waals surface area contributed by atoms with Crippen molar-refractivity contribution in [1.29, 1.82) is 10.5 Å². The Balaban J connectivity index is 1.16. The van der Waals surface area contributed by atoms with Crippen LogP contribution in [0.25, 0.3) is 127 Å². The van der Waals surface area contributed by atoms with E-state index in [1.807, 2.05) is 78.9 Å². The standard InChI is InChI=1S/C82H70N8/c1-79(2,3)59-29-35-70-64(44-59)65-45-60(80(4,5)6)30-36-71(65)89(70)74-33-27-56(53-18-14-17-51(39-53)49-84)42-68(74)77-86-76(58-21-15-19-54(40-58)52-25-23-50(48-83)24-26-52)87-78(88-77)69-43-57(55-20-16-22-63(41-55)85-13)28-34-75(69)90-72-37-31-61(81(7,8)9)46-66(72)67-47-62(82(10,11)12)32-38-73(67)90/h14-47H,1-12H3. The van der Waals surface area contributed by atoms with E-state index in [2.05, 4.69) is 237 Å². The summed E-state index contributed by atoms with van der Waals surface area (Å²) in [5.74, 6) is 1.34. The van der Waals surface area contributed by atoms with Crippen molar-refractivity contribution in [2.24, 2.45) is 0 Å². The van der Waals surface area contributed by atoms with Crippen LogP contribution in [0.5, 0.6) is 0 Å². The predicted octanol–water partition coefficient (Wildman–Crippen LogP) is 21.6. The van der Waals surface area contributed by atoms with E-state index in [1.54, 1.807) is 0 Å². The molecule has 0 fully saturated rings. The van der Waals surface area contributed by atoms with E-state index >= 15 is 0 Å². The molecule has 0 radical (unpaired) electrons. The third kappa shape index (κ3) is 10.7. The molecule has 0 aliphatic heterocycles. The number of aromatic nitrogens is 5. The molecule has 0 atom stereocenters. The molecule has 3 heterocycles. The summed E-state index contributed by atoms with van der Waals surface area (Å²) in [6, 6.07) is 76.6. The van der Waals surface area contributed by atoms with Crippen LogP contribution in [0.4, 0.5) is 5.69 Å². The maximum atomic E-state index is 10.3. The second-order valence-electron chi connectivity index (χ2n) is 28.0. The normalized spacial score (nSPS) is 12.2. The van der Waals surface area contributed by atoms with Crippen LogP contribution in [0.15, 0.2) is 206 Å². The van der Waals surface area contributed by atoms with Crippen molar-refractivity contribution in [1.82, 2.24) is 24.1 Å². The Morgan fingerprint density at radius 3 is 1.10 bits per heavy atom. The number of fused-ring (bicyclic) bond motifs is 6. The van der Waals surface area contributed by atoms with Crippen molar-refractivity contribution < 1.29 is 0 Å². The van der Waals surface area contributed by atoms with Gasteiger partial charge >= 0.3 is 0 Å². The van der Waals surface area contributed by atoms with E-state index < -0.39 is 0 Å². The lowest BCUT2D eigenvalue weighted by atomic mass is 9.85. The number of nitriles is 2. The van der Waals surface area contributed by atoms with E-state index in [9.17, 15) is 10.5 Å². The Morgan fingerprint density at radius 2 is 0.689 bits per heavy atom. The van der Waals surface area contributed by atoms with Gasteiger partial charge in [-0.15, -0.1) is 0 Å². The van der Waals surface area contributed by atoms with E-state index in [0.29, 0.717) is 34.3 Å². The number of hydrogen-bond donors (Lipinski definition) is 0. The Morgan fingerprint density at radius 1 is 0.333 bits per heavy atom. The van der Waals surface area contributed by atoms with E-state index in [4.69, 9.17) is 21.5 Å². The molecular formula is C82H70N8. The molecule has 8 heteroatoms. The van der Waals surface area contributed by atoms with Crippen LogP contribution < -0.4 is 0 Å². The van der Waals surface area contributed by atoms with Gasteiger partial charge in [-0.05, 0) is 186 Å². The molecular weight excluding hydrogens is 1100 g/mol. The zero-order chi connectivity index (χ0) is 63.2. The maximum Gasteiger partial charge on any atom is 0.187 e. The molecule has 8 nitrogen and oxygen atoms in total. The molecule has 0 bridgehead atoms. The molecule has 13 aromatic rings. The average Bonchev–Trinajstić information content (AvgIpc) is 1.56. The first kappa shape index (κ1) is 58.3. The monoisotopic (exact) mass is 1170 g/mol. The van der Waals surface area contributed by atoms with Crippen LogP contribution >= 0.6 is 0 Å². The van der Waals surface area contributed by atoms with Gasteiger partial charge in [0.15, 0.2) is 23.2 Å². The number of rotatable bonds is 8. The second-order valence-corrected chi connectivity index (χ2v) is 28.0. The predicted molar refractivity (Wildman–Crippen MR) is 372 cm³/mol. The summed E-state index contributed by atoms with van der Waals surface area (Å²) in [4.78, 5) is 20.9. The highest BCUT2D eigenvalue weighted by molar-refractivity contribution is 6.12. The molecule has 0 saturated carbocycles. The zero-order valence-electron chi connectivity index (χ0n) is 53.2. The van der Waals surface area contributed by atoms with E-state index in [0.717, 1.165) is 105 Å². The van der Waals surface area contributed by atoms with Crippen molar-refractivity contribution >= 4 is 49.3 Å². The Bertz CT molecular complexity index is 4780. The van der Waals surface area contributed by atoms with Gasteiger partial charge in [0.1, 0.15) is 0 Å². The number of hydrogen-bond acceptors (Lipinski definition) is 5. The summed E-state index contributed by atoms with van der Waals surface area (Å²) in [5.41, 5.74) is 19.8. The maximum absolute atomic E-state index is 10.3. The van der Waals surface area contributed by atoms with Crippen molar-refractivity contribution in [3.05, 3.63) is 251 Å². The molecule has 0 spiro atoms. The summed E-state index contributed by atoms with van der Waals surface area (Å²) < 4.78 is 4.74. The fourth-order valence-electron chi connectivity index (χ4n) is 12.5. The van der Waals surface area contributed by atoms with Gasteiger partial charge < -0.3 is 9.13 Å². The van der Waals surface area contributed by atoms with Gasteiger partial charge in [0.05, 0.1) is 63.3 Å². The van der Waals surface area contributed by atoms with Crippen LogP contribution in [-0.4, -0.2) is 24.1 Å². The van der Waals surface area contributed by atoms with Gasteiger partial charge in [0.25, 0.3) is 0 Å². The molecule has 0 aliphatic rings. The van der Waals surface area contributed by atoms with Crippen molar-refractivity contribution in [2.45, 2.75) is 105 Å². The van der Waals surface area contributed by atoms with Crippen LogP contribution in [0.2, 0.25) is 0 Å². The van der Waals surface area contributed by atoms with Crippen molar-refractivity contribution in [3.8, 4) is 91.1 Å². The molecule has 3 aromatic heterocycles. The minimum absolute atomic E-state index is 0.107. The lowest BCUT2D eigenvalue weighted by molar-refractivity contribution is 0.590. The molecule has 0 saturated heterocycles. The summed E-state index contributed by atoms with van der Waals surface area (Å²) in [7, 11) is 0. The van der Waals surface area contributed by atoms with Crippen molar-refractivity contribution in [3.63, 3.8) is 0 Å². The van der Waals surface area contributed by atoms with Gasteiger partial charge in [-0.3, -0.25) is 0 Å². The fourth-order valence-corrected chi connectivity index (χ4v) is 12.5. The van der Waals surface area contributed by atoms with Gasteiger partial charge in [0.2, 0.25) is 0 Å². The molecule has 438 valence electrons. The Kier molecular flexibility index (Phi) is 14.2. The number of nitrogens with zero attached hydrogens (tertiary/aromatic N) is 8. The first-order valence-corrected chi connectivity index (χ1v) is 30.8. The Hall–Kier alpha value is -10.7. The van der Waals surface area contributed by atoms with Crippen LogP contribution in [-0.2, 0) is 21.7 Å². The first-order valence-electron chi connectivity index (χ1n) is 30.8. The van der Waals surface area contributed by atoms with Gasteiger partial charge in [-0.2, -0.15) is 10.5 Å². The Labute approximate surface area is 527 Å². The average molecular weight is 1170 g/mol. The van der Waals surface area contributed by atoms with Crippen LogP contribution in [0, 0.1) is 29.2 Å². The highest BCUT2D eigenvalue weighted by atomic mass is 15.1. The van der Waals surface area contributed by atoms with Crippen molar-refractivity contribution in [2.75, 3.05) is 0 Å². The van der Waals surface area contributed by atoms with Gasteiger partial charge in [-0.1, -0.05) is 180 Å². The van der Waals surface area contributed by atoms with E-state index in [-0.39, 0.29) is 21.7 Å². The fraction of sp³-hybridized carbons (Fsp3) is 0.195. The smallest absolute Gasteiger partial charge is 0.187 e. The second kappa shape index (κ2) is 21.8. The van der Waals surface area contributed by atoms with Gasteiger partial charge in [0, 0.05) is 38.2 Å². The van der Waals surface area contributed by atoms with E-state index in [1.165, 1.54) is 22.3 Å². The SMILES string of the molecule is [C-]#[N+]c1cccc(-c2ccc(-n3c4ccc(C(C)(C)C)cc4c4cc(C(C)(C)C)ccc43)c(-c3nc(-c4cccc(-c5ccc(C#N)cc5)c4)nc(-c4cc(-c5cccc(C#N)c5)ccc4-n4c5ccc(C(C)(C)C)cc5c5cc(C(C)(C)C)ccc54)n3)c2)c1.